The highest BCUT2D eigenvalue weighted by Crippen LogP contribution is 2.38. The third-order valence-electron chi connectivity index (χ3n) is 7.92. The number of rotatable bonds is 11. The number of hydrogen-bond acceptors (Lipinski definition) is 17. The van der Waals surface area contributed by atoms with Gasteiger partial charge < -0.3 is 52.5 Å². The van der Waals surface area contributed by atoms with E-state index in [1.807, 2.05) is 6.07 Å². The molecule has 0 amide bonds. The Morgan fingerprint density at radius 2 is 1.41 bits per heavy atom. The van der Waals surface area contributed by atoms with Crippen LogP contribution >= 0.6 is 0 Å². The second-order valence-electron chi connectivity index (χ2n) is 11.7. The van der Waals surface area contributed by atoms with E-state index in [4.69, 9.17) is 47.4 Å². The van der Waals surface area contributed by atoms with Crippen LogP contribution in [0, 0.1) is 10.1 Å². The normalized spacial score (nSPS) is 31.7. The van der Waals surface area contributed by atoms with Crippen molar-refractivity contribution in [2.45, 2.75) is 95.4 Å². The van der Waals surface area contributed by atoms with Crippen LogP contribution in [0.1, 0.15) is 39.5 Å². The molecule has 18 heteroatoms. The fraction of sp³-hybridized carbons (Fsp3) is 0.515. The van der Waals surface area contributed by atoms with E-state index in [2.05, 4.69) is 0 Å². The Kier molecular flexibility index (Phi) is 12.2. The third kappa shape index (κ3) is 9.34. The first kappa shape index (κ1) is 37.5. The topological polar surface area (TPSA) is 224 Å². The van der Waals surface area contributed by atoms with Crippen molar-refractivity contribution >= 4 is 29.6 Å². The number of nitro benzene ring substituents is 1. The van der Waals surface area contributed by atoms with Crippen molar-refractivity contribution in [3.05, 3.63) is 70.3 Å². The monoisotopic (exact) mass is 719 g/mol. The number of nitro groups is 1. The fourth-order valence-electron chi connectivity index (χ4n) is 5.82. The summed E-state index contributed by atoms with van der Waals surface area (Å²) in [6.45, 7) is 3.78. The minimum atomic E-state index is -1.71. The molecule has 0 aliphatic carbocycles. The number of nitrogens with zero attached hydrogens (tertiary/aromatic N) is 1. The van der Waals surface area contributed by atoms with Crippen molar-refractivity contribution in [1.29, 1.82) is 0 Å². The molecule has 0 unspecified atom stereocenters. The second-order valence-corrected chi connectivity index (χ2v) is 11.7. The molecule has 5 rings (SSSR count). The number of benzene rings is 2. The molecular weight excluding hydrogens is 682 g/mol. The summed E-state index contributed by atoms with van der Waals surface area (Å²) in [5.41, 5.74) is 0.447. The lowest BCUT2D eigenvalue weighted by atomic mass is 9.96. The van der Waals surface area contributed by atoms with Gasteiger partial charge in [0.15, 0.2) is 37.0 Å². The molecule has 0 spiro atoms. The van der Waals surface area contributed by atoms with Gasteiger partial charge in [-0.15, -0.1) is 0 Å². The molecule has 18 nitrogen and oxygen atoms in total. The van der Waals surface area contributed by atoms with E-state index in [9.17, 15) is 34.4 Å². The summed E-state index contributed by atoms with van der Waals surface area (Å²) in [6.07, 6.45) is -15.1. The van der Waals surface area contributed by atoms with Gasteiger partial charge >= 0.3 is 23.9 Å². The quantitative estimate of drug-likeness (QED) is 0.151. The van der Waals surface area contributed by atoms with Crippen LogP contribution < -0.4 is 4.74 Å². The van der Waals surface area contributed by atoms with Crippen LogP contribution in [0.5, 0.6) is 5.75 Å². The van der Waals surface area contributed by atoms with E-state index in [-0.39, 0.29) is 18.0 Å². The van der Waals surface area contributed by atoms with Gasteiger partial charge in [-0.2, -0.15) is 0 Å². The van der Waals surface area contributed by atoms with Gasteiger partial charge in [-0.1, -0.05) is 30.3 Å². The summed E-state index contributed by atoms with van der Waals surface area (Å²) in [7, 11) is 0. The van der Waals surface area contributed by atoms with E-state index >= 15 is 0 Å². The van der Waals surface area contributed by atoms with Crippen LogP contribution in [-0.2, 0) is 61.8 Å². The van der Waals surface area contributed by atoms with Crippen molar-refractivity contribution in [3.63, 3.8) is 0 Å². The largest absolute Gasteiger partial charge is 0.463 e. The second kappa shape index (κ2) is 16.5. The Hall–Kier alpha value is -4.72. The summed E-state index contributed by atoms with van der Waals surface area (Å²) in [4.78, 5) is 59.2. The summed E-state index contributed by atoms with van der Waals surface area (Å²) in [5.74, 6) is -3.17. The Morgan fingerprint density at radius 1 is 0.784 bits per heavy atom. The fourth-order valence-corrected chi connectivity index (χ4v) is 5.82. The lowest BCUT2D eigenvalue weighted by Crippen LogP contribution is -2.67. The molecule has 3 heterocycles. The maximum Gasteiger partial charge on any atom is 0.303 e. The van der Waals surface area contributed by atoms with Crippen LogP contribution in [0.3, 0.4) is 0 Å². The number of aliphatic hydroxyl groups excluding tert-OH is 1. The van der Waals surface area contributed by atoms with Crippen LogP contribution in [0.4, 0.5) is 5.69 Å². The number of fused-ring (bicyclic) bond motifs is 1. The van der Waals surface area contributed by atoms with E-state index in [1.165, 1.54) is 24.3 Å². The van der Waals surface area contributed by atoms with Gasteiger partial charge in [0.1, 0.15) is 36.8 Å². The molecule has 276 valence electrons. The average Bonchev–Trinajstić information content (AvgIpc) is 3.08. The minimum absolute atomic E-state index is 0.0484. The Bertz CT molecular complexity index is 1550. The SMILES string of the molecule is CC(=O)OC[C@H]1O[C@H](O[C@@H]2[C@@H](Oc3ccc([N+](=O)[O-])cc3)O[C@@H]3CO[C@H](c4ccccc4)O[C@H]3[C@@H]2O)[C@@H](OC(C)=O)[C@@H](OC(C)=O)[C@@H]1OC(C)=O. The molecule has 2 aromatic carbocycles. The predicted octanol–water partition coefficient (Wildman–Crippen LogP) is 1.64. The summed E-state index contributed by atoms with van der Waals surface area (Å²) in [6, 6.07) is 13.9. The van der Waals surface area contributed by atoms with Gasteiger partial charge in [0.2, 0.25) is 6.29 Å². The van der Waals surface area contributed by atoms with Gasteiger partial charge in [-0.05, 0) is 12.1 Å². The highest BCUT2D eigenvalue weighted by atomic mass is 16.8. The molecule has 1 N–H and O–H groups in total. The highest BCUT2D eigenvalue weighted by Gasteiger charge is 2.57. The van der Waals surface area contributed by atoms with E-state index < -0.39 is 103 Å². The number of hydrogen-bond donors (Lipinski definition) is 1. The minimum Gasteiger partial charge on any atom is -0.463 e. The zero-order valence-electron chi connectivity index (χ0n) is 27.9. The molecule has 0 radical (unpaired) electrons. The molecule has 3 fully saturated rings. The molecule has 3 aliphatic rings. The van der Waals surface area contributed by atoms with Gasteiger partial charge in [0, 0.05) is 45.4 Å². The Morgan fingerprint density at radius 3 is 2.02 bits per heavy atom. The number of esters is 4. The highest BCUT2D eigenvalue weighted by molar-refractivity contribution is 5.68. The number of aliphatic hydroxyl groups is 1. The number of carbonyl (C=O) groups excluding carboxylic acids is 4. The first-order valence-electron chi connectivity index (χ1n) is 15.8. The number of non-ortho nitro benzene ring substituents is 1. The predicted molar refractivity (Wildman–Crippen MR) is 165 cm³/mol. The van der Waals surface area contributed by atoms with Crippen molar-refractivity contribution in [2.24, 2.45) is 0 Å². The molecule has 11 atom stereocenters. The zero-order valence-corrected chi connectivity index (χ0v) is 27.9. The van der Waals surface area contributed by atoms with Crippen molar-refractivity contribution < 1.29 is 76.6 Å². The molecule has 51 heavy (non-hydrogen) atoms. The Balaban J connectivity index is 1.50. The third-order valence-corrected chi connectivity index (χ3v) is 7.92. The van der Waals surface area contributed by atoms with Crippen LogP contribution in [-0.4, -0.2) is 109 Å². The maximum absolute atomic E-state index is 12.4. The maximum atomic E-state index is 12.4. The summed E-state index contributed by atoms with van der Waals surface area (Å²) < 4.78 is 58.2. The van der Waals surface area contributed by atoms with E-state index in [0.717, 1.165) is 27.7 Å². The molecule has 0 aromatic heterocycles. The standard InChI is InChI=1S/C33H37NO17/c1-16(35)42-14-24-27(44-17(2)36)29(45-18(3)37)30(46-19(4)38)33(49-24)51-28-25(39)26-23(15-43-31(50-26)20-8-6-5-7-9-20)48-32(28)47-22-12-10-21(11-13-22)34(40)41/h5-13,23-33,39H,14-15H2,1-4H3/t23-,24-,25+,26-,27-,28+,29+,30+,31+,32+,33-/m1/s1. The smallest absolute Gasteiger partial charge is 0.303 e. The molecule has 0 saturated carbocycles. The average molecular weight is 720 g/mol. The number of ether oxygens (including phenoxy) is 10. The van der Waals surface area contributed by atoms with Crippen LogP contribution in [0.2, 0.25) is 0 Å². The molecule has 3 saturated heterocycles. The lowest BCUT2D eigenvalue weighted by Gasteiger charge is -2.49. The van der Waals surface area contributed by atoms with Crippen molar-refractivity contribution in [3.8, 4) is 5.75 Å². The van der Waals surface area contributed by atoms with Crippen molar-refractivity contribution in [1.82, 2.24) is 0 Å². The Labute approximate surface area is 290 Å². The van der Waals surface area contributed by atoms with Crippen molar-refractivity contribution in [2.75, 3.05) is 13.2 Å². The number of carbonyl (C=O) groups is 4. The van der Waals surface area contributed by atoms with Crippen LogP contribution in [0.25, 0.3) is 0 Å². The van der Waals surface area contributed by atoms with E-state index in [0.29, 0.717) is 5.56 Å². The van der Waals surface area contributed by atoms with Gasteiger partial charge in [-0.3, -0.25) is 29.3 Å². The van der Waals surface area contributed by atoms with Gasteiger partial charge in [-0.25, -0.2) is 0 Å². The van der Waals surface area contributed by atoms with E-state index in [1.54, 1.807) is 24.3 Å². The van der Waals surface area contributed by atoms with Crippen LogP contribution in [0.15, 0.2) is 54.6 Å². The zero-order chi connectivity index (χ0) is 36.8. The summed E-state index contributed by atoms with van der Waals surface area (Å²) >= 11 is 0. The molecule has 2 aromatic rings. The lowest BCUT2D eigenvalue weighted by molar-refractivity contribution is -0.385. The summed E-state index contributed by atoms with van der Waals surface area (Å²) in [5, 5.41) is 23.1. The first-order valence-corrected chi connectivity index (χ1v) is 15.8. The van der Waals surface area contributed by atoms with Gasteiger partial charge in [0.25, 0.3) is 5.69 Å². The molecular formula is C33H37NO17. The first-order chi connectivity index (χ1) is 24.3. The van der Waals surface area contributed by atoms with Gasteiger partial charge in [0.05, 0.1) is 11.5 Å². The molecule has 3 aliphatic heterocycles. The molecule has 0 bridgehead atoms.